The summed E-state index contributed by atoms with van der Waals surface area (Å²) < 4.78 is 0. The van der Waals surface area contributed by atoms with Crippen LogP contribution in [0.5, 0.6) is 0 Å². The van der Waals surface area contributed by atoms with E-state index in [4.69, 9.17) is 16.6 Å². The van der Waals surface area contributed by atoms with Crippen LogP contribution in [-0.2, 0) is 0 Å². The number of pyridine rings is 1. The molecule has 4 rings (SSSR count). The molecule has 0 aliphatic carbocycles. The van der Waals surface area contributed by atoms with Gasteiger partial charge in [-0.05, 0) is 45.5 Å². The van der Waals surface area contributed by atoms with Crippen molar-refractivity contribution in [1.29, 1.82) is 0 Å². The van der Waals surface area contributed by atoms with Crippen LogP contribution in [0.25, 0.3) is 22.4 Å². The van der Waals surface area contributed by atoms with Crippen molar-refractivity contribution in [2.24, 2.45) is 0 Å². The molecule has 0 spiro atoms. The zero-order chi connectivity index (χ0) is 17.4. The molecular weight excluding hydrogens is 336 g/mol. The molecule has 0 amide bonds. The monoisotopic (exact) mass is 356 g/mol. The summed E-state index contributed by atoms with van der Waals surface area (Å²) >= 11 is 6.09. The van der Waals surface area contributed by atoms with Gasteiger partial charge >= 0.3 is 0 Å². The number of H-pyrrole nitrogens is 1. The van der Waals surface area contributed by atoms with Gasteiger partial charge in [0.05, 0.1) is 5.02 Å². The molecule has 0 aromatic carbocycles. The third kappa shape index (κ3) is 3.45. The van der Waals surface area contributed by atoms with Gasteiger partial charge in [0, 0.05) is 41.6 Å². The summed E-state index contributed by atoms with van der Waals surface area (Å²) in [7, 11) is 0. The zero-order valence-corrected chi connectivity index (χ0v) is 15.1. The van der Waals surface area contributed by atoms with Crippen molar-refractivity contribution in [1.82, 2.24) is 24.8 Å². The van der Waals surface area contributed by atoms with E-state index in [0.29, 0.717) is 10.8 Å². The molecule has 7 heteroatoms. The smallest absolute Gasteiger partial charge is 0.163 e. The number of likely N-dealkylation sites (tertiary alicyclic amines) is 1. The Morgan fingerprint density at radius 3 is 2.92 bits per heavy atom. The highest BCUT2D eigenvalue weighted by Gasteiger charge is 2.25. The lowest BCUT2D eigenvalue weighted by molar-refractivity contribution is 0.155. The fourth-order valence-corrected chi connectivity index (χ4v) is 3.36. The van der Waals surface area contributed by atoms with Crippen molar-refractivity contribution >= 4 is 28.5 Å². The molecule has 0 bridgehead atoms. The first-order valence-electron chi connectivity index (χ1n) is 8.47. The van der Waals surface area contributed by atoms with Gasteiger partial charge in [-0.2, -0.15) is 0 Å². The van der Waals surface area contributed by atoms with Gasteiger partial charge in [0.15, 0.2) is 5.82 Å². The second-order valence-electron chi connectivity index (χ2n) is 7.16. The second kappa shape index (κ2) is 6.28. The van der Waals surface area contributed by atoms with Crippen molar-refractivity contribution in [3.8, 4) is 11.4 Å². The lowest BCUT2D eigenvalue weighted by atomic mass is 10.0. The Morgan fingerprint density at radius 1 is 1.32 bits per heavy atom. The Balaban J connectivity index is 1.61. The Labute approximate surface area is 151 Å². The minimum atomic E-state index is -0.0584. The Morgan fingerprint density at radius 2 is 2.16 bits per heavy atom. The number of nitrogens with one attached hydrogen (secondary N) is 2. The Bertz CT molecular complexity index is 899. The van der Waals surface area contributed by atoms with Gasteiger partial charge in [0.1, 0.15) is 11.5 Å². The molecule has 3 aromatic heterocycles. The molecule has 1 aliphatic heterocycles. The third-order valence-corrected chi connectivity index (χ3v) is 4.63. The number of halogens is 1. The number of hydrogen-bond acceptors (Lipinski definition) is 5. The Kier molecular flexibility index (Phi) is 4.09. The molecule has 4 heterocycles. The van der Waals surface area contributed by atoms with Crippen molar-refractivity contribution < 1.29 is 0 Å². The number of aromatic amines is 1. The predicted octanol–water partition coefficient (Wildman–Crippen LogP) is 3.57. The first kappa shape index (κ1) is 16.3. The summed E-state index contributed by atoms with van der Waals surface area (Å²) in [5, 5.41) is 5.05. The molecule has 25 heavy (non-hydrogen) atoms. The normalized spacial score (nSPS) is 15.3. The maximum Gasteiger partial charge on any atom is 0.163 e. The van der Waals surface area contributed by atoms with E-state index in [-0.39, 0.29) is 5.54 Å². The summed E-state index contributed by atoms with van der Waals surface area (Å²) in [6.45, 7) is 7.76. The van der Waals surface area contributed by atoms with Crippen LogP contribution in [0.15, 0.2) is 30.7 Å². The highest BCUT2D eigenvalue weighted by Crippen LogP contribution is 2.28. The van der Waals surface area contributed by atoms with E-state index in [2.05, 4.69) is 39.0 Å². The molecule has 1 fully saturated rings. The van der Waals surface area contributed by atoms with E-state index in [0.717, 1.165) is 29.0 Å². The number of aromatic nitrogens is 4. The van der Waals surface area contributed by atoms with E-state index in [1.165, 1.54) is 19.5 Å². The van der Waals surface area contributed by atoms with Crippen LogP contribution in [0, 0.1) is 0 Å². The molecule has 6 nitrogen and oxygen atoms in total. The van der Waals surface area contributed by atoms with Gasteiger partial charge < -0.3 is 15.2 Å². The van der Waals surface area contributed by atoms with Crippen molar-refractivity contribution in [2.75, 3.05) is 25.0 Å². The molecule has 0 unspecified atom stereocenters. The molecular formula is C18H21ClN6. The van der Waals surface area contributed by atoms with Crippen molar-refractivity contribution in [2.45, 2.75) is 25.8 Å². The van der Waals surface area contributed by atoms with Gasteiger partial charge in [-0.25, -0.2) is 15.0 Å². The van der Waals surface area contributed by atoms with Crippen molar-refractivity contribution in [3.05, 3.63) is 35.7 Å². The summed E-state index contributed by atoms with van der Waals surface area (Å²) in [6, 6.07) is 3.79. The first-order valence-corrected chi connectivity index (χ1v) is 8.85. The summed E-state index contributed by atoms with van der Waals surface area (Å²) in [4.78, 5) is 19.0. The topological polar surface area (TPSA) is 69.7 Å². The summed E-state index contributed by atoms with van der Waals surface area (Å²) in [5.41, 5.74) is 1.62. The van der Waals surface area contributed by atoms with Crippen LogP contribution >= 0.6 is 11.6 Å². The molecule has 130 valence electrons. The van der Waals surface area contributed by atoms with Crippen LogP contribution in [0.4, 0.5) is 5.82 Å². The van der Waals surface area contributed by atoms with Crippen LogP contribution in [-0.4, -0.2) is 50.0 Å². The largest absolute Gasteiger partial charge is 0.364 e. The van der Waals surface area contributed by atoms with Gasteiger partial charge in [-0.1, -0.05) is 11.6 Å². The number of hydrogen-bond donors (Lipinski definition) is 2. The maximum atomic E-state index is 6.09. The molecule has 1 saturated heterocycles. The zero-order valence-electron chi connectivity index (χ0n) is 14.4. The predicted molar refractivity (Wildman–Crippen MR) is 101 cm³/mol. The molecule has 3 aromatic rings. The van der Waals surface area contributed by atoms with Gasteiger partial charge in [0.25, 0.3) is 0 Å². The third-order valence-electron chi connectivity index (χ3n) is 4.43. The number of fused-ring (bicyclic) bond motifs is 1. The highest BCUT2D eigenvalue weighted by molar-refractivity contribution is 6.31. The van der Waals surface area contributed by atoms with Crippen LogP contribution in [0.2, 0.25) is 5.02 Å². The van der Waals surface area contributed by atoms with Gasteiger partial charge in [-0.3, -0.25) is 0 Å². The minimum Gasteiger partial charge on any atom is -0.364 e. The van der Waals surface area contributed by atoms with E-state index < -0.39 is 0 Å². The second-order valence-corrected chi connectivity index (χ2v) is 7.59. The fraction of sp³-hybridized carbons (Fsp3) is 0.389. The molecule has 0 radical (unpaired) electrons. The molecule has 0 atom stereocenters. The number of anilines is 1. The summed E-state index contributed by atoms with van der Waals surface area (Å²) in [6.07, 6.45) is 6.58. The first-order chi connectivity index (χ1) is 12.0. The van der Waals surface area contributed by atoms with E-state index in [9.17, 15) is 0 Å². The Hall–Kier alpha value is -2.18. The fourth-order valence-electron chi connectivity index (χ4n) is 3.21. The van der Waals surface area contributed by atoms with Crippen molar-refractivity contribution in [3.63, 3.8) is 0 Å². The molecule has 2 N–H and O–H groups in total. The van der Waals surface area contributed by atoms with Crippen LogP contribution < -0.4 is 5.32 Å². The van der Waals surface area contributed by atoms with Gasteiger partial charge in [0.2, 0.25) is 0 Å². The SMILES string of the molecule is CC(C)(CN1CCC1)Nc1ccnc(-c2c[nH]c3ncc(Cl)cc23)n1. The molecule has 0 saturated carbocycles. The minimum absolute atomic E-state index is 0.0584. The standard InChI is InChI=1S/C18H21ClN6/c1-18(2,11-25-6-3-7-25)24-15-4-5-20-17(23-15)14-10-22-16-13(14)8-12(19)9-21-16/h4-5,8-10H,3,6-7,11H2,1-2H3,(H,21,22)(H,20,23,24). The quantitative estimate of drug-likeness (QED) is 0.731. The maximum absolute atomic E-state index is 6.09. The highest BCUT2D eigenvalue weighted by atomic mass is 35.5. The summed E-state index contributed by atoms with van der Waals surface area (Å²) in [5.74, 6) is 1.47. The lowest BCUT2D eigenvalue weighted by Crippen LogP contribution is -2.49. The number of rotatable bonds is 5. The van der Waals surface area contributed by atoms with E-state index in [1.54, 1.807) is 12.4 Å². The average molecular weight is 357 g/mol. The van der Waals surface area contributed by atoms with E-state index in [1.807, 2.05) is 18.3 Å². The van der Waals surface area contributed by atoms with E-state index >= 15 is 0 Å². The molecule has 1 aliphatic rings. The van der Waals surface area contributed by atoms with Gasteiger partial charge in [-0.15, -0.1) is 0 Å². The average Bonchev–Trinajstić information content (AvgIpc) is 2.94. The van der Waals surface area contributed by atoms with Crippen LogP contribution in [0.1, 0.15) is 20.3 Å². The number of nitrogens with zero attached hydrogens (tertiary/aromatic N) is 4. The lowest BCUT2D eigenvalue weighted by Gasteiger charge is -2.38. The van der Waals surface area contributed by atoms with Crippen LogP contribution in [0.3, 0.4) is 0 Å².